The highest BCUT2D eigenvalue weighted by molar-refractivity contribution is 7.80. The van der Waals surface area contributed by atoms with Crippen LogP contribution in [0.1, 0.15) is 55.8 Å². The molecule has 9 heteroatoms. The third-order valence-electron chi connectivity index (χ3n) is 5.54. The van der Waals surface area contributed by atoms with Gasteiger partial charge in [-0.1, -0.05) is 12.8 Å². The Labute approximate surface area is 207 Å². The van der Waals surface area contributed by atoms with Crippen molar-refractivity contribution >= 4 is 59.5 Å². The molecular weight excluding hydrogens is 458 g/mol. The number of allylic oxidation sites excluding steroid dienone is 1. The molecule has 0 saturated heterocycles. The lowest BCUT2D eigenvalue weighted by molar-refractivity contribution is -0.107. The lowest BCUT2D eigenvalue weighted by Gasteiger charge is -2.27. The van der Waals surface area contributed by atoms with Gasteiger partial charge >= 0.3 is 0 Å². The highest BCUT2D eigenvalue weighted by Crippen LogP contribution is 2.34. The van der Waals surface area contributed by atoms with Crippen molar-refractivity contribution in [3.63, 3.8) is 0 Å². The van der Waals surface area contributed by atoms with Gasteiger partial charge in [0.2, 0.25) is 12.3 Å². The van der Waals surface area contributed by atoms with E-state index in [2.05, 4.69) is 22.6 Å². The van der Waals surface area contributed by atoms with E-state index >= 15 is 0 Å². The molecule has 0 bridgehead atoms. The molecule has 33 heavy (non-hydrogen) atoms. The quantitative estimate of drug-likeness (QED) is 0.273. The number of amides is 1. The highest BCUT2D eigenvalue weighted by atomic mass is 35.5. The number of thiol groups is 1. The smallest absolute Gasteiger partial charge is 0.236 e. The zero-order chi connectivity index (χ0) is 24.4. The second-order valence-electron chi connectivity index (χ2n) is 7.93. The molecule has 1 amide bonds. The predicted octanol–water partition coefficient (Wildman–Crippen LogP) is 4.97. The average molecular weight is 492 g/mol. The Bertz CT molecular complexity index is 962. The number of aromatic nitrogens is 2. The fourth-order valence-electron chi connectivity index (χ4n) is 3.82. The van der Waals surface area contributed by atoms with Crippen LogP contribution in [0, 0.1) is 6.92 Å². The summed E-state index contributed by atoms with van der Waals surface area (Å²) in [6.07, 6.45) is 9.92. The summed E-state index contributed by atoms with van der Waals surface area (Å²) >= 11 is 9.17. The number of carbonyl (C=O) groups excluding carboxylic acids is 1. The van der Waals surface area contributed by atoms with Crippen molar-refractivity contribution in [1.29, 1.82) is 0 Å². The zero-order valence-corrected chi connectivity index (χ0v) is 21.2. The van der Waals surface area contributed by atoms with Gasteiger partial charge in [0.05, 0.1) is 18.5 Å². The lowest BCUT2D eigenvalue weighted by atomic mass is 10.0. The molecule has 1 saturated carbocycles. The molecule has 0 atom stereocenters. The van der Waals surface area contributed by atoms with Crippen LogP contribution in [0.2, 0.25) is 0 Å². The SMILES string of the molecule is COc1ncc(/C(C)=C/c2c(N(C=O)C3CCCC3)cc(N)nc2C)cc1N.SCCCCl. The third kappa shape index (κ3) is 7.27. The normalized spacial score (nSPS) is 13.9. The summed E-state index contributed by atoms with van der Waals surface area (Å²) in [5.41, 5.74) is 16.7. The van der Waals surface area contributed by atoms with Gasteiger partial charge in [-0.3, -0.25) is 4.79 Å². The van der Waals surface area contributed by atoms with E-state index < -0.39 is 0 Å². The Morgan fingerprint density at radius 2 is 2.03 bits per heavy atom. The monoisotopic (exact) mass is 491 g/mol. The molecule has 3 rings (SSSR count). The second-order valence-corrected chi connectivity index (χ2v) is 8.76. The summed E-state index contributed by atoms with van der Waals surface area (Å²) in [6.45, 7) is 3.88. The maximum atomic E-state index is 11.9. The van der Waals surface area contributed by atoms with Gasteiger partial charge < -0.3 is 21.1 Å². The Balaban J connectivity index is 0.000000696. The van der Waals surface area contributed by atoms with Crippen LogP contribution < -0.4 is 21.1 Å². The number of hydrogen-bond acceptors (Lipinski definition) is 7. The molecule has 1 fully saturated rings. The Hall–Kier alpha value is -2.45. The molecule has 7 nitrogen and oxygen atoms in total. The van der Waals surface area contributed by atoms with Crippen LogP contribution in [0.4, 0.5) is 17.2 Å². The van der Waals surface area contributed by atoms with Crippen molar-refractivity contribution in [1.82, 2.24) is 9.97 Å². The van der Waals surface area contributed by atoms with E-state index in [1.54, 1.807) is 17.2 Å². The first kappa shape index (κ1) is 26.8. The average Bonchev–Trinajstić information content (AvgIpc) is 3.32. The third-order valence-corrected chi connectivity index (χ3v) is 6.12. The summed E-state index contributed by atoms with van der Waals surface area (Å²) in [4.78, 5) is 22.4. The van der Waals surface area contributed by atoms with Crippen LogP contribution in [0.3, 0.4) is 0 Å². The summed E-state index contributed by atoms with van der Waals surface area (Å²) < 4.78 is 5.13. The van der Waals surface area contributed by atoms with Crippen molar-refractivity contribution in [3.05, 3.63) is 35.2 Å². The van der Waals surface area contributed by atoms with Gasteiger partial charge in [0, 0.05) is 35.4 Å². The molecule has 2 aromatic heterocycles. The van der Waals surface area contributed by atoms with E-state index in [9.17, 15) is 4.79 Å². The van der Waals surface area contributed by atoms with Crippen LogP contribution in [0.5, 0.6) is 5.88 Å². The van der Waals surface area contributed by atoms with Crippen molar-refractivity contribution < 1.29 is 9.53 Å². The number of nitrogens with zero attached hydrogens (tertiary/aromatic N) is 3. The highest BCUT2D eigenvalue weighted by Gasteiger charge is 2.25. The van der Waals surface area contributed by atoms with Gasteiger partial charge in [-0.15, -0.1) is 11.6 Å². The van der Waals surface area contributed by atoms with Crippen molar-refractivity contribution in [3.8, 4) is 5.88 Å². The summed E-state index contributed by atoms with van der Waals surface area (Å²) in [6, 6.07) is 3.80. The molecule has 1 aliphatic rings. The number of pyridine rings is 2. The van der Waals surface area contributed by atoms with Gasteiger partial charge in [-0.05, 0) is 62.1 Å². The second kappa shape index (κ2) is 13.3. The Kier molecular flexibility index (Phi) is 10.8. The number of halogens is 1. The summed E-state index contributed by atoms with van der Waals surface area (Å²) in [5, 5.41) is 0. The molecule has 0 aromatic carbocycles. The Morgan fingerprint density at radius 3 is 2.55 bits per heavy atom. The summed E-state index contributed by atoms with van der Waals surface area (Å²) in [7, 11) is 1.54. The number of methoxy groups -OCH3 is 1. The lowest BCUT2D eigenvalue weighted by Crippen LogP contribution is -2.32. The molecule has 1 aliphatic carbocycles. The molecular formula is C24H34ClN5O2S. The maximum Gasteiger partial charge on any atom is 0.236 e. The number of nitrogens with two attached hydrogens (primary N) is 2. The van der Waals surface area contributed by atoms with Crippen LogP contribution in [0.15, 0.2) is 18.3 Å². The number of anilines is 3. The molecule has 2 aromatic rings. The summed E-state index contributed by atoms with van der Waals surface area (Å²) in [5.74, 6) is 2.45. The molecule has 0 aliphatic heterocycles. The van der Waals surface area contributed by atoms with Gasteiger partial charge in [0.25, 0.3) is 0 Å². The number of carbonyl (C=O) groups is 1. The minimum atomic E-state index is 0.199. The van der Waals surface area contributed by atoms with Crippen LogP contribution in [0.25, 0.3) is 11.6 Å². The fraction of sp³-hybridized carbons (Fsp3) is 0.458. The Morgan fingerprint density at radius 1 is 1.33 bits per heavy atom. The van der Waals surface area contributed by atoms with Gasteiger partial charge in [0.15, 0.2) is 0 Å². The number of alkyl halides is 1. The minimum absolute atomic E-state index is 0.199. The van der Waals surface area contributed by atoms with E-state index in [0.29, 0.717) is 17.4 Å². The van der Waals surface area contributed by atoms with Gasteiger partial charge in [-0.25, -0.2) is 9.97 Å². The van der Waals surface area contributed by atoms with Crippen LogP contribution >= 0.6 is 24.2 Å². The van der Waals surface area contributed by atoms with Gasteiger partial charge in [0.1, 0.15) is 5.82 Å². The first-order chi connectivity index (χ1) is 15.9. The van der Waals surface area contributed by atoms with Crippen molar-refractivity contribution in [2.24, 2.45) is 0 Å². The van der Waals surface area contributed by atoms with Crippen molar-refractivity contribution in [2.75, 3.05) is 35.1 Å². The molecule has 2 heterocycles. The van der Waals surface area contributed by atoms with E-state index in [1.807, 2.05) is 26.0 Å². The van der Waals surface area contributed by atoms with Crippen molar-refractivity contribution in [2.45, 2.75) is 52.0 Å². The largest absolute Gasteiger partial charge is 0.480 e. The van der Waals surface area contributed by atoms with Crippen LogP contribution in [-0.2, 0) is 4.79 Å². The van der Waals surface area contributed by atoms with E-state index in [4.69, 9.17) is 27.8 Å². The van der Waals surface area contributed by atoms with E-state index in [0.717, 1.165) is 78.2 Å². The molecule has 4 N–H and O–H groups in total. The number of nitrogen functional groups attached to an aromatic ring is 2. The number of rotatable bonds is 8. The van der Waals surface area contributed by atoms with Crippen LogP contribution in [-0.4, -0.2) is 41.2 Å². The number of hydrogen-bond donors (Lipinski definition) is 3. The van der Waals surface area contributed by atoms with E-state index in [1.165, 1.54) is 7.11 Å². The first-order valence-electron chi connectivity index (χ1n) is 11.0. The minimum Gasteiger partial charge on any atom is -0.480 e. The standard InChI is InChI=1S/C21H27N5O2.C3H7ClS/c1-13(15-9-18(22)21(28-3)24-11-15)8-17-14(2)25-20(23)10-19(17)26(12-27)16-6-4-5-7-16;4-2-1-3-5/h8-12,16H,4-7,22H2,1-3H3,(H2,23,25);5H,1-3H2/b13-8+;. The molecule has 180 valence electrons. The molecule has 0 spiro atoms. The fourth-order valence-corrected chi connectivity index (χ4v) is 4.30. The zero-order valence-electron chi connectivity index (χ0n) is 19.6. The predicted molar refractivity (Wildman–Crippen MR) is 142 cm³/mol. The van der Waals surface area contributed by atoms with Gasteiger partial charge in [-0.2, -0.15) is 12.6 Å². The number of ether oxygens (including phenoxy) is 1. The molecule has 0 radical (unpaired) electrons. The maximum absolute atomic E-state index is 11.9. The first-order valence-corrected chi connectivity index (χ1v) is 12.2. The molecule has 0 unspecified atom stereocenters. The van der Waals surface area contributed by atoms with E-state index in [-0.39, 0.29) is 6.04 Å². The number of aryl methyl sites for hydroxylation is 1. The topological polar surface area (TPSA) is 107 Å².